The Morgan fingerprint density at radius 2 is 1.86 bits per heavy atom. The van der Waals surface area contributed by atoms with Gasteiger partial charge in [0.1, 0.15) is 0 Å². The lowest BCUT2D eigenvalue weighted by Crippen LogP contribution is -2.40. The smallest absolute Gasteiger partial charge is 0.257 e. The quantitative estimate of drug-likeness (QED) is 0.819. The number of carbonyl (C=O) groups is 1. The summed E-state index contributed by atoms with van der Waals surface area (Å²) in [5, 5.41) is 6.05. The van der Waals surface area contributed by atoms with Gasteiger partial charge in [-0.15, -0.1) is 0 Å². The van der Waals surface area contributed by atoms with Crippen LogP contribution in [0.15, 0.2) is 59.1 Å². The van der Waals surface area contributed by atoms with Crippen LogP contribution in [0.1, 0.15) is 15.9 Å². The maximum absolute atomic E-state index is 12.0. The molecule has 2 aromatic carbocycles. The first kappa shape index (κ1) is 15.7. The summed E-state index contributed by atoms with van der Waals surface area (Å²) >= 11 is 8.46. The Balaban J connectivity index is 1.78. The molecule has 1 amide bonds. The minimum Gasteiger partial charge on any atom is -0.362 e. The van der Waals surface area contributed by atoms with Crippen molar-refractivity contribution in [1.82, 2.24) is 10.6 Å². The van der Waals surface area contributed by atoms with Crippen LogP contribution in [-0.2, 0) is 6.42 Å². The van der Waals surface area contributed by atoms with Gasteiger partial charge in [-0.2, -0.15) is 0 Å². The number of rotatable bonds is 4. The summed E-state index contributed by atoms with van der Waals surface area (Å²) in [5.41, 5.74) is 1.79. The third kappa shape index (κ3) is 5.28. The lowest BCUT2D eigenvalue weighted by Gasteiger charge is -2.09. The van der Waals surface area contributed by atoms with Crippen molar-refractivity contribution in [1.29, 1.82) is 0 Å². The van der Waals surface area contributed by atoms with Gasteiger partial charge in [0.25, 0.3) is 5.91 Å². The Bertz CT molecular complexity index is 631. The van der Waals surface area contributed by atoms with E-state index >= 15 is 0 Å². The second kappa shape index (κ2) is 7.90. The average molecular weight is 363 g/mol. The first-order valence-electron chi connectivity index (χ1n) is 6.54. The van der Waals surface area contributed by atoms with E-state index in [2.05, 4.69) is 38.7 Å². The molecule has 0 spiro atoms. The van der Waals surface area contributed by atoms with Gasteiger partial charge in [0.05, 0.1) is 0 Å². The fourth-order valence-corrected chi connectivity index (χ4v) is 2.41. The van der Waals surface area contributed by atoms with Crippen LogP contribution in [0.25, 0.3) is 0 Å². The standard InChI is InChI=1S/C16H15BrN2OS/c17-14-8-4-7-13(11-14)15(20)19-16(21)18-10-9-12-5-2-1-3-6-12/h1-8,11H,9-10H2,(H2,18,19,20,21). The van der Waals surface area contributed by atoms with E-state index in [4.69, 9.17) is 12.2 Å². The Kier molecular flexibility index (Phi) is 5.90. The molecule has 0 unspecified atom stereocenters. The predicted molar refractivity (Wildman–Crippen MR) is 92.4 cm³/mol. The second-order valence-corrected chi connectivity index (χ2v) is 5.78. The van der Waals surface area contributed by atoms with E-state index in [1.165, 1.54) is 5.56 Å². The Hall–Kier alpha value is -1.72. The molecule has 0 atom stereocenters. The van der Waals surface area contributed by atoms with Gasteiger partial charge in [-0.05, 0) is 42.4 Å². The molecule has 2 aromatic rings. The van der Waals surface area contributed by atoms with E-state index in [0.717, 1.165) is 10.9 Å². The number of amides is 1. The van der Waals surface area contributed by atoms with Crippen LogP contribution in [0.4, 0.5) is 0 Å². The second-order valence-electron chi connectivity index (χ2n) is 4.46. The number of hydrogen-bond acceptors (Lipinski definition) is 2. The summed E-state index contributed by atoms with van der Waals surface area (Å²) in [6.45, 7) is 0.682. The summed E-state index contributed by atoms with van der Waals surface area (Å²) in [4.78, 5) is 12.0. The zero-order valence-electron chi connectivity index (χ0n) is 11.3. The monoisotopic (exact) mass is 362 g/mol. The molecule has 0 aliphatic carbocycles. The minimum absolute atomic E-state index is 0.214. The summed E-state index contributed by atoms with van der Waals surface area (Å²) in [6.07, 6.45) is 0.855. The van der Waals surface area contributed by atoms with E-state index in [-0.39, 0.29) is 5.91 Å². The third-order valence-electron chi connectivity index (χ3n) is 2.86. The molecule has 0 heterocycles. The van der Waals surface area contributed by atoms with E-state index in [9.17, 15) is 4.79 Å². The number of thiocarbonyl (C=S) groups is 1. The molecule has 3 nitrogen and oxygen atoms in total. The van der Waals surface area contributed by atoms with Crippen LogP contribution in [0.2, 0.25) is 0 Å². The molecule has 0 radical (unpaired) electrons. The van der Waals surface area contributed by atoms with Crippen molar-refractivity contribution in [3.63, 3.8) is 0 Å². The molecule has 5 heteroatoms. The zero-order valence-corrected chi connectivity index (χ0v) is 13.7. The Labute approximate surface area is 137 Å². The lowest BCUT2D eigenvalue weighted by molar-refractivity contribution is 0.0976. The van der Waals surface area contributed by atoms with Crippen molar-refractivity contribution < 1.29 is 4.79 Å². The molecule has 0 aliphatic heterocycles. The first-order chi connectivity index (χ1) is 10.1. The van der Waals surface area contributed by atoms with Crippen molar-refractivity contribution in [3.05, 3.63) is 70.2 Å². The van der Waals surface area contributed by atoms with Crippen molar-refractivity contribution in [2.24, 2.45) is 0 Å². The SMILES string of the molecule is O=C(NC(=S)NCCc1ccccc1)c1cccc(Br)c1. The van der Waals surface area contributed by atoms with Gasteiger partial charge in [-0.25, -0.2) is 0 Å². The third-order valence-corrected chi connectivity index (χ3v) is 3.60. The maximum atomic E-state index is 12.0. The van der Waals surface area contributed by atoms with Gasteiger partial charge in [-0.1, -0.05) is 52.3 Å². The normalized spacial score (nSPS) is 9.95. The lowest BCUT2D eigenvalue weighted by atomic mass is 10.1. The predicted octanol–water partition coefficient (Wildman–Crippen LogP) is 3.30. The average Bonchev–Trinajstić information content (AvgIpc) is 2.48. The molecule has 21 heavy (non-hydrogen) atoms. The number of benzene rings is 2. The van der Waals surface area contributed by atoms with Crippen LogP contribution >= 0.6 is 28.1 Å². The highest BCUT2D eigenvalue weighted by molar-refractivity contribution is 9.10. The molecular weight excluding hydrogens is 348 g/mol. The van der Waals surface area contributed by atoms with Gasteiger partial charge >= 0.3 is 0 Å². The molecule has 2 rings (SSSR count). The molecule has 108 valence electrons. The summed E-state index contributed by atoms with van der Waals surface area (Å²) in [7, 11) is 0. The van der Waals surface area contributed by atoms with Crippen LogP contribution in [-0.4, -0.2) is 17.6 Å². The highest BCUT2D eigenvalue weighted by Gasteiger charge is 2.07. The topological polar surface area (TPSA) is 41.1 Å². The van der Waals surface area contributed by atoms with Crippen LogP contribution in [0, 0.1) is 0 Å². The minimum atomic E-state index is -0.214. The van der Waals surface area contributed by atoms with Crippen molar-refractivity contribution >= 4 is 39.2 Å². The number of nitrogens with one attached hydrogen (secondary N) is 2. The Morgan fingerprint density at radius 3 is 2.57 bits per heavy atom. The molecule has 2 N–H and O–H groups in total. The van der Waals surface area contributed by atoms with Crippen LogP contribution in [0.3, 0.4) is 0 Å². The molecular formula is C16H15BrN2OS. The molecule has 0 aliphatic rings. The molecule has 0 aromatic heterocycles. The summed E-state index contributed by atoms with van der Waals surface area (Å²) in [5.74, 6) is -0.214. The number of halogens is 1. The van der Waals surface area contributed by atoms with Crippen molar-refractivity contribution in [2.75, 3.05) is 6.54 Å². The number of hydrogen-bond donors (Lipinski definition) is 2. The maximum Gasteiger partial charge on any atom is 0.257 e. The van der Waals surface area contributed by atoms with Gasteiger partial charge < -0.3 is 5.32 Å². The summed E-state index contributed by atoms with van der Waals surface area (Å²) in [6, 6.07) is 17.3. The van der Waals surface area contributed by atoms with E-state index in [1.807, 2.05) is 30.3 Å². The highest BCUT2D eigenvalue weighted by atomic mass is 79.9. The number of carbonyl (C=O) groups excluding carboxylic acids is 1. The highest BCUT2D eigenvalue weighted by Crippen LogP contribution is 2.11. The fraction of sp³-hybridized carbons (Fsp3) is 0.125. The summed E-state index contributed by atoms with van der Waals surface area (Å²) < 4.78 is 0.859. The van der Waals surface area contributed by atoms with E-state index in [0.29, 0.717) is 17.2 Å². The van der Waals surface area contributed by atoms with Crippen LogP contribution < -0.4 is 10.6 Å². The largest absolute Gasteiger partial charge is 0.362 e. The molecule has 0 saturated carbocycles. The van der Waals surface area contributed by atoms with Crippen molar-refractivity contribution in [3.8, 4) is 0 Å². The molecule has 0 saturated heterocycles. The zero-order chi connectivity index (χ0) is 15.1. The van der Waals surface area contributed by atoms with Gasteiger partial charge in [0.15, 0.2) is 5.11 Å². The van der Waals surface area contributed by atoms with Gasteiger partial charge in [0, 0.05) is 16.6 Å². The van der Waals surface area contributed by atoms with Gasteiger partial charge in [-0.3, -0.25) is 10.1 Å². The Morgan fingerprint density at radius 1 is 1.10 bits per heavy atom. The van der Waals surface area contributed by atoms with Crippen LogP contribution in [0.5, 0.6) is 0 Å². The van der Waals surface area contributed by atoms with Crippen molar-refractivity contribution in [2.45, 2.75) is 6.42 Å². The van der Waals surface area contributed by atoms with E-state index < -0.39 is 0 Å². The first-order valence-corrected chi connectivity index (χ1v) is 7.74. The van der Waals surface area contributed by atoms with E-state index in [1.54, 1.807) is 12.1 Å². The molecule has 0 fully saturated rings. The van der Waals surface area contributed by atoms with Gasteiger partial charge in [0.2, 0.25) is 0 Å². The molecule has 0 bridgehead atoms. The fourth-order valence-electron chi connectivity index (χ4n) is 1.81.